The highest BCUT2D eigenvalue weighted by Gasteiger charge is 2.15. The van der Waals surface area contributed by atoms with Crippen molar-refractivity contribution in [2.24, 2.45) is 5.84 Å². The monoisotopic (exact) mass is 364 g/mol. The van der Waals surface area contributed by atoms with E-state index in [0.29, 0.717) is 5.02 Å². The summed E-state index contributed by atoms with van der Waals surface area (Å²) in [6.07, 6.45) is 4.58. The molecule has 1 unspecified atom stereocenters. The van der Waals surface area contributed by atoms with Gasteiger partial charge < -0.3 is 0 Å². The number of halogens is 2. The second kappa shape index (κ2) is 6.49. The number of aryl methyl sites for hydroxylation is 2. The first-order chi connectivity index (χ1) is 10.2. The van der Waals surface area contributed by atoms with Crippen LogP contribution in [0, 0.1) is 0 Å². The molecular weight excluding hydrogens is 348 g/mol. The van der Waals surface area contributed by atoms with Crippen molar-refractivity contribution < 1.29 is 0 Å². The second-order valence-corrected chi connectivity index (χ2v) is 6.82. The molecule has 0 amide bonds. The van der Waals surface area contributed by atoms with E-state index in [0.717, 1.165) is 16.5 Å². The Hall–Kier alpha value is -0.870. The van der Waals surface area contributed by atoms with E-state index in [1.807, 2.05) is 18.2 Å². The highest BCUT2D eigenvalue weighted by Crippen LogP contribution is 2.29. The first-order valence-electron chi connectivity index (χ1n) is 7.19. The van der Waals surface area contributed by atoms with Crippen molar-refractivity contribution in [1.29, 1.82) is 0 Å². The molecule has 0 saturated carbocycles. The lowest BCUT2D eigenvalue weighted by molar-refractivity contribution is 0.551. The fraction of sp³-hybridized carbons (Fsp3) is 0.294. The van der Waals surface area contributed by atoms with Gasteiger partial charge in [-0.1, -0.05) is 35.9 Å². The third kappa shape index (κ3) is 3.32. The maximum atomic E-state index is 6.05. The van der Waals surface area contributed by atoms with Gasteiger partial charge in [-0.25, -0.2) is 0 Å². The first-order valence-corrected chi connectivity index (χ1v) is 8.36. The minimum Gasteiger partial charge on any atom is -0.271 e. The highest BCUT2D eigenvalue weighted by molar-refractivity contribution is 9.10. The molecule has 4 heteroatoms. The second-order valence-electron chi connectivity index (χ2n) is 5.55. The fourth-order valence-corrected chi connectivity index (χ4v) is 3.50. The molecule has 1 atom stereocenters. The van der Waals surface area contributed by atoms with Crippen LogP contribution in [0.2, 0.25) is 5.02 Å². The molecule has 2 aromatic rings. The van der Waals surface area contributed by atoms with Crippen molar-refractivity contribution in [3.63, 3.8) is 0 Å². The number of fused-ring (bicyclic) bond motifs is 1. The van der Waals surface area contributed by atoms with E-state index in [1.54, 1.807) is 0 Å². The first kappa shape index (κ1) is 15.0. The molecule has 3 N–H and O–H groups in total. The van der Waals surface area contributed by atoms with Crippen LogP contribution in [0.1, 0.15) is 34.7 Å². The Labute approximate surface area is 138 Å². The molecule has 2 aromatic carbocycles. The van der Waals surface area contributed by atoms with Crippen molar-refractivity contribution in [3.05, 3.63) is 68.1 Å². The predicted molar refractivity (Wildman–Crippen MR) is 91.4 cm³/mol. The molecule has 0 saturated heterocycles. The average molecular weight is 366 g/mol. The summed E-state index contributed by atoms with van der Waals surface area (Å²) in [6.45, 7) is 0. The molecule has 0 aliphatic heterocycles. The van der Waals surface area contributed by atoms with Crippen LogP contribution in [0.5, 0.6) is 0 Å². The average Bonchev–Trinajstić information content (AvgIpc) is 2.95. The molecule has 2 nitrogen and oxygen atoms in total. The van der Waals surface area contributed by atoms with Gasteiger partial charge >= 0.3 is 0 Å². The van der Waals surface area contributed by atoms with E-state index in [-0.39, 0.29) is 6.04 Å². The summed E-state index contributed by atoms with van der Waals surface area (Å²) in [5.41, 5.74) is 8.38. The molecule has 0 bridgehead atoms. The lowest BCUT2D eigenvalue weighted by atomic mass is 9.97. The Morgan fingerprint density at radius 1 is 1.14 bits per heavy atom. The van der Waals surface area contributed by atoms with Crippen molar-refractivity contribution in [1.82, 2.24) is 5.43 Å². The molecule has 0 aromatic heterocycles. The number of hydrogen-bond acceptors (Lipinski definition) is 2. The number of hydrogen-bond donors (Lipinski definition) is 2. The summed E-state index contributed by atoms with van der Waals surface area (Å²) >= 11 is 9.52. The van der Waals surface area contributed by atoms with Gasteiger partial charge in [-0.2, -0.15) is 0 Å². The standard InChI is InChI=1S/C17H18BrClN2/c18-15-10-14(6-7-16(15)19)17(21-20)9-11-4-5-12-2-1-3-13(12)8-11/h4-8,10,17,21H,1-3,9,20H2. The molecule has 3 rings (SSSR count). The minimum atomic E-state index is 0.0815. The zero-order valence-corrected chi connectivity index (χ0v) is 14.0. The molecule has 21 heavy (non-hydrogen) atoms. The minimum absolute atomic E-state index is 0.0815. The van der Waals surface area contributed by atoms with Gasteiger partial charge in [-0.15, -0.1) is 0 Å². The molecule has 110 valence electrons. The van der Waals surface area contributed by atoms with Crippen LogP contribution in [-0.2, 0) is 19.3 Å². The quantitative estimate of drug-likeness (QED) is 0.625. The highest BCUT2D eigenvalue weighted by atomic mass is 79.9. The lowest BCUT2D eigenvalue weighted by Gasteiger charge is -2.18. The summed E-state index contributed by atoms with van der Waals surface area (Å²) in [7, 11) is 0. The molecule has 0 radical (unpaired) electrons. The van der Waals surface area contributed by atoms with Crippen molar-refractivity contribution in [2.45, 2.75) is 31.7 Å². The van der Waals surface area contributed by atoms with Gasteiger partial charge in [-0.3, -0.25) is 11.3 Å². The van der Waals surface area contributed by atoms with Gasteiger partial charge in [0.15, 0.2) is 0 Å². The van der Waals surface area contributed by atoms with Crippen molar-refractivity contribution >= 4 is 27.5 Å². The van der Waals surface area contributed by atoms with Crippen molar-refractivity contribution in [2.75, 3.05) is 0 Å². The topological polar surface area (TPSA) is 38.0 Å². The third-order valence-corrected chi connectivity index (χ3v) is 5.36. The maximum Gasteiger partial charge on any atom is 0.0548 e. The van der Waals surface area contributed by atoms with E-state index in [1.165, 1.54) is 36.0 Å². The molecule has 1 aliphatic carbocycles. The summed E-state index contributed by atoms with van der Waals surface area (Å²) < 4.78 is 0.899. The smallest absolute Gasteiger partial charge is 0.0548 e. The Bertz CT molecular complexity index is 657. The fourth-order valence-electron chi connectivity index (χ4n) is 2.99. The number of hydrazine groups is 1. The van der Waals surface area contributed by atoms with Gasteiger partial charge in [-0.05, 0) is 76.0 Å². The molecule has 0 fully saturated rings. The zero-order valence-electron chi connectivity index (χ0n) is 11.7. The van der Waals surface area contributed by atoms with E-state index >= 15 is 0 Å². The Balaban J connectivity index is 1.82. The number of benzene rings is 2. The van der Waals surface area contributed by atoms with Gasteiger partial charge in [0, 0.05) is 4.47 Å². The molecular formula is C17H18BrClN2. The summed E-state index contributed by atoms with van der Waals surface area (Å²) in [5.74, 6) is 5.76. The summed E-state index contributed by atoms with van der Waals surface area (Å²) in [6, 6.07) is 12.8. The molecule has 0 spiro atoms. The van der Waals surface area contributed by atoms with Crippen LogP contribution in [0.15, 0.2) is 40.9 Å². The van der Waals surface area contributed by atoms with Gasteiger partial charge in [0.2, 0.25) is 0 Å². The van der Waals surface area contributed by atoms with E-state index in [2.05, 4.69) is 39.6 Å². The Kier molecular flexibility index (Phi) is 4.65. The van der Waals surface area contributed by atoms with E-state index in [9.17, 15) is 0 Å². The predicted octanol–water partition coefficient (Wildman–Crippen LogP) is 4.34. The summed E-state index contributed by atoms with van der Waals surface area (Å²) in [5, 5.41) is 0.715. The van der Waals surface area contributed by atoms with Crippen LogP contribution in [0.25, 0.3) is 0 Å². The largest absolute Gasteiger partial charge is 0.271 e. The normalized spacial score (nSPS) is 15.0. The van der Waals surface area contributed by atoms with Crippen LogP contribution >= 0.6 is 27.5 Å². The van der Waals surface area contributed by atoms with Gasteiger partial charge in [0.25, 0.3) is 0 Å². The summed E-state index contributed by atoms with van der Waals surface area (Å²) in [4.78, 5) is 0. The maximum absolute atomic E-state index is 6.05. The van der Waals surface area contributed by atoms with Gasteiger partial charge in [0.1, 0.15) is 0 Å². The zero-order chi connectivity index (χ0) is 14.8. The third-order valence-electron chi connectivity index (χ3n) is 4.15. The molecule has 0 heterocycles. The SMILES string of the molecule is NNC(Cc1ccc2c(c1)CCC2)c1ccc(Cl)c(Br)c1. The number of nitrogens with one attached hydrogen (secondary N) is 1. The molecule has 1 aliphatic rings. The van der Waals surface area contributed by atoms with Crippen LogP contribution in [-0.4, -0.2) is 0 Å². The Morgan fingerprint density at radius 2 is 1.95 bits per heavy atom. The van der Waals surface area contributed by atoms with Crippen molar-refractivity contribution in [3.8, 4) is 0 Å². The Morgan fingerprint density at radius 3 is 2.71 bits per heavy atom. The van der Waals surface area contributed by atoms with Gasteiger partial charge in [0.05, 0.1) is 11.1 Å². The van der Waals surface area contributed by atoms with Crippen LogP contribution in [0.4, 0.5) is 0 Å². The van der Waals surface area contributed by atoms with Crippen LogP contribution < -0.4 is 11.3 Å². The van der Waals surface area contributed by atoms with E-state index in [4.69, 9.17) is 17.4 Å². The number of nitrogens with two attached hydrogens (primary N) is 1. The van der Waals surface area contributed by atoms with Crippen LogP contribution in [0.3, 0.4) is 0 Å². The van der Waals surface area contributed by atoms with E-state index < -0.39 is 0 Å². The number of rotatable bonds is 4. The lowest BCUT2D eigenvalue weighted by Crippen LogP contribution is -2.29.